The van der Waals surface area contributed by atoms with Gasteiger partial charge in [-0.05, 0) is 54.3 Å². The Balaban J connectivity index is 1.54. The molecule has 25 heavy (non-hydrogen) atoms. The van der Waals surface area contributed by atoms with Crippen molar-refractivity contribution in [3.63, 3.8) is 0 Å². The first-order chi connectivity index (χ1) is 12.3. The largest absolute Gasteiger partial charge is 0.357 e. The lowest BCUT2D eigenvalue weighted by Crippen LogP contribution is -2.44. The predicted molar refractivity (Wildman–Crippen MR) is 102 cm³/mol. The Kier molecular flexibility index (Phi) is 6.22. The molecular weight excluding hydrogens is 337 g/mol. The van der Waals surface area contributed by atoms with Gasteiger partial charge < -0.3 is 15.5 Å². The van der Waals surface area contributed by atoms with Crippen molar-refractivity contribution in [2.24, 2.45) is 4.99 Å². The summed E-state index contributed by atoms with van der Waals surface area (Å²) in [5.74, 6) is 0.997. The molecule has 0 aromatic carbocycles. The molecule has 1 unspecified atom stereocenters. The zero-order chi connectivity index (χ0) is 17.5. The Hall–Kier alpha value is -2.15. The highest BCUT2D eigenvalue weighted by Crippen LogP contribution is 2.20. The summed E-state index contributed by atoms with van der Waals surface area (Å²) in [6.45, 7) is 5.13. The molecule has 1 atom stereocenters. The van der Waals surface area contributed by atoms with Crippen molar-refractivity contribution in [1.82, 2.24) is 15.6 Å². The topological polar surface area (TPSA) is 52.6 Å². The molecule has 2 aromatic rings. The average Bonchev–Trinajstić information content (AvgIpc) is 3.27. The van der Waals surface area contributed by atoms with Crippen LogP contribution in [0.1, 0.15) is 18.9 Å². The van der Waals surface area contributed by atoms with Gasteiger partial charge in [-0.25, -0.2) is 9.37 Å². The number of hydrogen-bond donors (Lipinski definition) is 2. The van der Waals surface area contributed by atoms with Crippen molar-refractivity contribution < 1.29 is 4.39 Å². The molecule has 1 aliphatic heterocycles. The number of pyridine rings is 1. The average molecular weight is 361 g/mol. The van der Waals surface area contributed by atoms with Crippen LogP contribution < -0.4 is 15.5 Å². The quantitative estimate of drug-likeness (QED) is 0.614. The molecule has 2 N–H and O–H groups in total. The van der Waals surface area contributed by atoms with Gasteiger partial charge in [0.25, 0.3) is 0 Å². The van der Waals surface area contributed by atoms with E-state index < -0.39 is 0 Å². The smallest absolute Gasteiger partial charge is 0.191 e. The molecular formula is C18H24FN5S. The molecule has 0 saturated carbocycles. The predicted octanol–water partition coefficient (Wildman–Crippen LogP) is 2.66. The third-order valence-corrected chi connectivity index (χ3v) is 4.89. The van der Waals surface area contributed by atoms with Crippen molar-refractivity contribution in [3.05, 3.63) is 46.5 Å². The Morgan fingerprint density at radius 2 is 2.40 bits per heavy atom. The highest BCUT2D eigenvalue weighted by atomic mass is 32.1. The number of guanidine groups is 1. The second kappa shape index (κ2) is 8.80. The fourth-order valence-corrected chi connectivity index (χ4v) is 3.63. The van der Waals surface area contributed by atoms with E-state index in [-0.39, 0.29) is 11.9 Å². The summed E-state index contributed by atoms with van der Waals surface area (Å²) < 4.78 is 13.9. The second-order valence-corrected chi connectivity index (χ2v) is 6.81. The van der Waals surface area contributed by atoms with Gasteiger partial charge in [-0.15, -0.1) is 0 Å². The van der Waals surface area contributed by atoms with E-state index in [9.17, 15) is 4.39 Å². The Morgan fingerprint density at radius 3 is 3.16 bits per heavy atom. The molecule has 0 spiro atoms. The number of aromatic nitrogens is 1. The van der Waals surface area contributed by atoms with E-state index in [1.807, 2.05) is 4.90 Å². The highest BCUT2D eigenvalue weighted by molar-refractivity contribution is 7.07. The van der Waals surface area contributed by atoms with E-state index >= 15 is 0 Å². The number of halogens is 1. The normalized spacial score (nSPS) is 17.8. The van der Waals surface area contributed by atoms with Crippen LogP contribution in [-0.4, -0.2) is 43.2 Å². The molecule has 3 heterocycles. The van der Waals surface area contributed by atoms with E-state index in [0.717, 1.165) is 45.0 Å². The number of nitrogens with zero attached hydrogens (tertiary/aromatic N) is 3. The molecule has 7 heteroatoms. The van der Waals surface area contributed by atoms with Gasteiger partial charge in [-0.1, -0.05) is 0 Å². The van der Waals surface area contributed by atoms with Gasteiger partial charge in [0, 0.05) is 38.4 Å². The second-order valence-electron chi connectivity index (χ2n) is 6.03. The summed E-state index contributed by atoms with van der Waals surface area (Å²) in [5, 5.41) is 11.0. The Bertz CT molecular complexity index is 689. The van der Waals surface area contributed by atoms with Crippen molar-refractivity contribution in [2.75, 3.05) is 31.1 Å². The first kappa shape index (κ1) is 17.7. The number of anilines is 1. The van der Waals surface area contributed by atoms with Gasteiger partial charge >= 0.3 is 0 Å². The first-order valence-corrected chi connectivity index (χ1v) is 9.62. The summed E-state index contributed by atoms with van der Waals surface area (Å²) in [6, 6.07) is 5.45. The monoisotopic (exact) mass is 361 g/mol. The van der Waals surface area contributed by atoms with Crippen LogP contribution in [0.15, 0.2) is 40.1 Å². The maximum atomic E-state index is 13.9. The number of hydrogen-bond acceptors (Lipinski definition) is 4. The van der Waals surface area contributed by atoms with Gasteiger partial charge in [0.05, 0.1) is 0 Å². The van der Waals surface area contributed by atoms with Crippen molar-refractivity contribution in [2.45, 2.75) is 25.8 Å². The Labute approximate surface area is 152 Å². The first-order valence-electron chi connectivity index (χ1n) is 8.67. The van der Waals surface area contributed by atoms with Crippen LogP contribution in [0.25, 0.3) is 0 Å². The van der Waals surface area contributed by atoms with Crippen LogP contribution >= 0.6 is 11.3 Å². The third-order valence-electron chi connectivity index (χ3n) is 4.16. The minimum atomic E-state index is -0.264. The van der Waals surface area contributed by atoms with Gasteiger partial charge in [-0.2, -0.15) is 11.3 Å². The zero-order valence-electron chi connectivity index (χ0n) is 14.4. The minimum Gasteiger partial charge on any atom is -0.357 e. The van der Waals surface area contributed by atoms with E-state index in [0.29, 0.717) is 5.82 Å². The molecule has 5 nitrogen and oxygen atoms in total. The van der Waals surface area contributed by atoms with E-state index in [2.05, 4.69) is 44.4 Å². The maximum absolute atomic E-state index is 13.9. The van der Waals surface area contributed by atoms with E-state index in [1.54, 1.807) is 23.6 Å². The molecule has 0 bridgehead atoms. The number of thiophene rings is 1. The van der Waals surface area contributed by atoms with Crippen LogP contribution in [0.4, 0.5) is 10.2 Å². The summed E-state index contributed by atoms with van der Waals surface area (Å²) in [4.78, 5) is 10.8. The Morgan fingerprint density at radius 1 is 1.48 bits per heavy atom. The van der Waals surface area contributed by atoms with Gasteiger partial charge in [0.1, 0.15) is 0 Å². The SMILES string of the molecule is CCNC(=NCCc1ccsc1)NC1CCN(c2ncccc2F)C1. The number of rotatable bonds is 6. The van der Waals surface area contributed by atoms with Crippen LogP contribution in [0.2, 0.25) is 0 Å². The number of nitrogens with one attached hydrogen (secondary N) is 2. The summed E-state index contributed by atoms with van der Waals surface area (Å²) in [7, 11) is 0. The number of aliphatic imine (C=N–C) groups is 1. The maximum Gasteiger partial charge on any atom is 0.191 e. The lowest BCUT2D eigenvalue weighted by Gasteiger charge is -2.19. The van der Waals surface area contributed by atoms with Gasteiger partial charge in [0.2, 0.25) is 0 Å². The lowest BCUT2D eigenvalue weighted by molar-refractivity contribution is 0.612. The standard InChI is InChI=1S/C18H24FN5S/c1-2-20-18(22-9-5-14-7-11-25-13-14)23-15-6-10-24(12-15)17-16(19)4-3-8-21-17/h3-4,7-8,11,13,15H,2,5-6,9-10,12H2,1H3,(H2,20,22,23). The minimum absolute atomic E-state index is 0.236. The summed E-state index contributed by atoms with van der Waals surface area (Å²) in [5.41, 5.74) is 1.32. The molecule has 1 aliphatic rings. The van der Waals surface area contributed by atoms with E-state index in [4.69, 9.17) is 0 Å². The molecule has 1 fully saturated rings. The summed E-state index contributed by atoms with van der Waals surface area (Å²) >= 11 is 1.71. The van der Waals surface area contributed by atoms with Crippen LogP contribution in [0.5, 0.6) is 0 Å². The van der Waals surface area contributed by atoms with Crippen LogP contribution in [0, 0.1) is 5.82 Å². The summed E-state index contributed by atoms with van der Waals surface area (Å²) in [6.07, 6.45) is 3.51. The van der Waals surface area contributed by atoms with Crippen molar-refractivity contribution in [1.29, 1.82) is 0 Å². The van der Waals surface area contributed by atoms with Gasteiger partial charge in [-0.3, -0.25) is 4.99 Å². The fourth-order valence-electron chi connectivity index (χ4n) is 2.93. The lowest BCUT2D eigenvalue weighted by atomic mass is 10.2. The van der Waals surface area contributed by atoms with Crippen molar-refractivity contribution >= 4 is 23.1 Å². The van der Waals surface area contributed by atoms with E-state index in [1.165, 1.54) is 11.6 Å². The molecule has 2 aromatic heterocycles. The molecule has 0 aliphatic carbocycles. The highest BCUT2D eigenvalue weighted by Gasteiger charge is 2.25. The van der Waals surface area contributed by atoms with Crippen LogP contribution in [-0.2, 0) is 6.42 Å². The van der Waals surface area contributed by atoms with Gasteiger partial charge in [0.15, 0.2) is 17.6 Å². The zero-order valence-corrected chi connectivity index (χ0v) is 15.2. The molecule has 0 amide bonds. The van der Waals surface area contributed by atoms with Crippen LogP contribution in [0.3, 0.4) is 0 Å². The third kappa shape index (κ3) is 4.92. The molecule has 134 valence electrons. The molecule has 3 rings (SSSR count). The fraction of sp³-hybridized carbons (Fsp3) is 0.444. The molecule has 0 radical (unpaired) electrons. The molecule has 1 saturated heterocycles. The van der Waals surface area contributed by atoms with Crippen molar-refractivity contribution in [3.8, 4) is 0 Å².